The van der Waals surface area contributed by atoms with Crippen LogP contribution in [0.5, 0.6) is 11.5 Å². The number of aromatic nitrogens is 2. The van der Waals surface area contributed by atoms with Gasteiger partial charge in [-0.15, -0.1) is 0 Å². The average Bonchev–Trinajstić information content (AvgIpc) is 3.17. The molecule has 0 saturated carbocycles. The van der Waals surface area contributed by atoms with Gasteiger partial charge >= 0.3 is 0 Å². The minimum absolute atomic E-state index is 0.296. The largest absolute Gasteiger partial charge is 0.497 e. The van der Waals surface area contributed by atoms with Crippen LogP contribution in [0.4, 0.5) is 17.6 Å². The molecule has 0 spiro atoms. The summed E-state index contributed by atoms with van der Waals surface area (Å²) in [4.78, 5) is 16.9. The van der Waals surface area contributed by atoms with E-state index in [0.717, 1.165) is 0 Å². The van der Waals surface area contributed by atoms with Gasteiger partial charge in [0.25, 0.3) is 5.91 Å². The predicted octanol–water partition coefficient (Wildman–Crippen LogP) is 3.51. The summed E-state index contributed by atoms with van der Waals surface area (Å²) in [7, 11) is 4.54. The molecule has 0 aliphatic rings. The van der Waals surface area contributed by atoms with Gasteiger partial charge < -0.3 is 19.4 Å². The van der Waals surface area contributed by atoms with Gasteiger partial charge in [-0.2, -0.15) is 0 Å². The van der Waals surface area contributed by atoms with Crippen molar-refractivity contribution in [1.82, 2.24) is 14.9 Å². The van der Waals surface area contributed by atoms with Crippen molar-refractivity contribution >= 4 is 5.91 Å². The zero-order valence-electron chi connectivity index (χ0n) is 16.2. The standard InChI is InChI=1S/C20H17F4N3O3/c1-27-5-4-25-19(27)18(10-6-11(29-2)8-12(7-10)30-3)26-20(28)13-9-14(21)16(23)17(24)15(13)22/h4-9,18H,1-3H3,(H,26,28). The van der Waals surface area contributed by atoms with Crippen LogP contribution in [0.3, 0.4) is 0 Å². The van der Waals surface area contributed by atoms with Gasteiger partial charge in [-0.05, 0) is 23.8 Å². The number of nitrogens with zero attached hydrogens (tertiary/aromatic N) is 2. The van der Waals surface area contributed by atoms with Crippen LogP contribution in [0.1, 0.15) is 27.8 Å². The van der Waals surface area contributed by atoms with E-state index in [1.807, 2.05) is 0 Å². The highest BCUT2D eigenvalue weighted by atomic mass is 19.2. The molecule has 158 valence electrons. The molecule has 1 heterocycles. The molecule has 0 fully saturated rings. The van der Waals surface area contributed by atoms with E-state index in [1.165, 1.54) is 20.4 Å². The molecule has 3 aromatic rings. The Bertz CT molecular complexity index is 1080. The second-order valence-corrected chi connectivity index (χ2v) is 6.30. The van der Waals surface area contributed by atoms with Crippen molar-refractivity contribution in [2.24, 2.45) is 7.05 Å². The predicted molar refractivity (Wildman–Crippen MR) is 98.3 cm³/mol. The van der Waals surface area contributed by atoms with Gasteiger partial charge in [0.15, 0.2) is 23.3 Å². The Morgan fingerprint density at radius 3 is 2.17 bits per heavy atom. The van der Waals surface area contributed by atoms with Crippen molar-refractivity contribution in [2.75, 3.05) is 14.2 Å². The Hall–Kier alpha value is -3.56. The molecule has 1 N–H and O–H groups in total. The molecule has 3 rings (SSSR count). The fraction of sp³-hybridized carbons (Fsp3) is 0.200. The molecule has 1 amide bonds. The number of carbonyl (C=O) groups is 1. The van der Waals surface area contributed by atoms with Crippen LogP contribution in [0, 0.1) is 23.3 Å². The summed E-state index contributed by atoms with van der Waals surface area (Å²) in [5, 5.41) is 2.48. The third kappa shape index (κ3) is 3.93. The van der Waals surface area contributed by atoms with Gasteiger partial charge in [-0.3, -0.25) is 4.79 Å². The van der Waals surface area contributed by atoms with Crippen LogP contribution < -0.4 is 14.8 Å². The number of ether oxygens (including phenoxy) is 2. The number of nitrogens with one attached hydrogen (secondary N) is 1. The minimum Gasteiger partial charge on any atom is -0.497 e. The molecule has 1 atom stereocenters. The summed E-state index contributed by atoms with van der Waals surface area (Å²) in [5.74, 6) is -7.57. The Morgan fingerprint density at radius 2 is 1.63 bits per heavy atom. The molecule has 6 nitrogen and oxygen atoms in total. The molecule has 0 aliphatic heterocycles. The topological polar surface area (TPSA) is 65.4 Å². The van der Waals surface area contributed by atoms with Gasteiger partial charge in [0.1, 0.15) is 23.4 Å². The summed E-state index contributed by atoms with van der Waals surface area (Å²) < 4.78 is 66.5. The van der Waals surface area contributed by atoms with E-state index in [2.05, 4.69) is 10.3 Å². The lowest BCUT2D eigenvalue weighted by molar-refractivity contribution is 0.0935. The minimum atomic E-state index is -2.07. The van der Waals surface area contributed by atoms with Gasteiger partial charge in [0.2, 0.25) is 0 Å². The van der Waals surface area contributed by atoms with Gasteiger partial charge in [0, 0.05) is 25.5 Å². The number of aryl methyl sites for hydroxylation is 1. The lowest BCUT2D eigenvalue weighted by atomic mass is 10.0. The van der Waals surface area contributed by atoms with E-state index in [1.54, 1.807) is 36.0 Å². The van der Waals surface area contributed by atoms with Crippen LogP contribution in [0.25, 0.3) is 0 Å². The zero-order chi connectivity index (χ0) is 22.0. The van der Waals surface area contributed by atoms with E-state index in [0.29, 0.717) is 29.0 Å². The number of amides is 1. The SMILES string of the molecule is COc1cc(OC)cc(C(NC(=O)c2cc(F)c(F)c(F)c2F)c2nccn2C)c1. The molecule has 2 aromatic carbocycles. The maximum Gasteiger partial charge on any atom is 0.255 e. The third-order valence-corrected chi connectivity index (χ3v) is 4.45. The highest BCUT2D eigenvalue weighted by molar-refractivity contribution is 5.95. The fourth-order valence-corrected chi connectivity index (χ4v) is 2.90. The van der Waals surface area contributed by atoms with Crippen LogP contribution in [-0.2, 0) is 7.05 Å². The summed E-state index contributed by atoms with van der Waals surface area (Å²) >= 11 is 0. The first-order chi connectivity index (χ1) is 14.3. The number of benzene rings is 2. The number of imidazole rings is 1. The van der Waals surface area contributed by atoms with Gasteiger partial charge in [0.05, 0.1) is 19.8 Å². The van der Waals surface area contributed by atoms with E-state index in [-0.39, 0.29) is 0 Å². The fourth-order valence-electron chi connectivity index (χ4n) is 2.90. The number of halogens is 4. The molecule has 1 unspecified atom stereocenters. The first kappa shape index (κ1) is 21.2. The van der Waals surface area contributed by atoms with Crippen LogP contribution in [-0.4, -0.2) is 29.7 Å². The second kappa shape index (κ2) is 8.44. The smallest absolute Gasteiger partial charge is 0.255 e. The zero-order valence-corrected chi connectivity index (χ0v) is 16.2. The van der Waals surface area contributed by atoms with E-state index in [9.17, 15) is 22.4 Å². The van der Waals surface area contributed by atoms with Crippen molar-refractivity contribution in [3.05, 3.63) is 76.9 Å². The Balaban J connectivity index is 2.08. The van der Waals surface area contributed by atoms with Crippen molar-refractivity contribution in [3.8, 4) is 11.5 Å². The Labute approximate surface area is 169 Å². The maximum atomic E-state index is 14.1. The van der Waals surface area contributed by atoms with E-state index < -0.39 is 40.8 Å². The van der Waals surface area contributed by atoms with Crippen LogP contribution >= 0.6 is 0 Å². The number of hydrogen-bond acceptors (Lipinski definition) is 4. The lowest BCUT2D eigenvalue weighted by Gasteiger charge is -2.21. The van der Waals surface area contributed by atoms with Crippen molar-refractivity contribution in [1.29, 1.82) is 0 Å². The summed E-state index contributed by atoms with van der Waals surface area (Å²) in [6, 6.07) is 4.10. The molecule has 30 heavy (non-hydrogen) atoms. The maximum absolute atomic E-state index is 14.1. The molecule has 0 bridgehead atoms. The third-order valence-electron chi connectivity index (χ3n) is 4.45. The van der Waals surface area contributed by atoms with Gasteiger partial charge in [-0.1, -0.05) is 0 Å². The Kier molecular flexibility index (Phi) is 5.95. The summed E-state index contributed by atoms with van der Waals surface area (Å²) in [6.07, 6.45) is 3.09. The highest BCUT2D eigenvalue weighted by Gasteiger charge is 2.27. The van der Waals surface area contributed by atoms with Crippen molar-refractivity contribution in [2.45, 2.75) is 6.04 Å². The number of hydrogen-bond donors (Lipinski definition) is 1. The Morgan fingerprint density at radius 1 is 1.00 bits per heavy atom. The summed E-state index contributed by atoms with van der Waals surface area (Å²) in [6.45, 7) is 0. The molecule has 0 aliphatic carbocycles. The molecule has 0 saturated heterocycles. The molecular weight excluding hydrogens is 406 g/mol. The number of carbonyl (C=O) groups excluding carboxylic acids is 1. The number of methoxy groups -OCH3 is 2. The van der Waals surface area contributed by atoms with Crippen LogP contribution in [0.15, 0.2) is 36.7 Å². The van der Waals surface area contributed by atoms with E-state index in [4.69, 9.17) is 9.47 Å². The highest BCUT2D eigenvalue weighted by Crippen LogP contribution is 2.30. The summed E-state index contributed by atoms with van der Waals surface area (Å²) in [5.41, 5.74) is -0.544. The van der Waals surface area contributed by atoms with Crippen LogP contribution in [0.2, 0.25) is 0 Å². The monoisotopic (exact) mass is 423 g/mol. The first-order valence-electron chi connectivity index (χ1n) is 8.60. The average molecular weight is 423 g/mol. The normalized spacial score (nSPS) is 11.8. The molecule has 10 heteroatoms. The molecule has 1 aromatic heterocycles. The van der Waals surface area contributed by atoms with Gasteiger partial charge in [-0.25, -0.2) is 22.5 Å². The quantitative estimate of drug-likeness (QED) is 0.374. The lowest BCUT2D eigenvalue weighted by Crippen LogP contribution is -2.32. The van der Waals surface area contributed by atoms with E-state index >= 15 is 0 Å². The van der Waals surface area contributed by atoms with Crippen molar-refractivity contribution < 1.29 is 31.8 Å². The number of rotatable bonds is 6. The molecule has 0 radical (unpaired) electrons. The first-order valence-corrected chi connectivity index (χ1v) is 8.60. The van der Waals surface area contributed by atoms with Crippen molar-refractivity contribution in [3.63, 3.8) is 0 Å². The second-order valence-electron chi connectivity index (χ2n) is 6.30. The molecular formula is C20H17F4N3O3.